The van der Waals surface area contributed by atoms with Crippen LogP contribution in [0.4, 0.5) is 13.2 Å². The van der Waals surface area contributed by atoms with Gasteiger partial charge in [0.1, 0.15) is 18.5 Å². The summed E-state index contributed by atoms with van der Waals surface area (Å²) in [5.74, 6) is 0.701. The number of aliphatic hydroxyl groups excluding tert-OH is 1. The van der Waals surface area contributed by atoms with Gasteiger partial charge >= 0.3 is 6.18 Å². The second-order valence-electron chi connectivity index (χ2n) is 10.5. The molecule has 2 aliphatic rings. The molecule has 5 rings (SSSR count). The lowest BCUT2D eigenvalue weighted by Gasteiger charge is -2.44. The normalized spacial score (nSPS) is 23.6. The van der Waals surface area contributed by atoms with E-state index in [0.717, 1.165) is 46.2 Å². The molecule has 0 saturated carbocycles. The number of oxime groups is 1. The van der Waals surface area contributed by atoms with Gasteiger partial charge in [-0.15, -0.1) is 11.3 Å². The summed E-state index contributed by atoms with van der Waals surface area (Å²) in [6, 6.07) is 11.4. The molecule has 7 nitrogen and oxygen atoms in total. The van der Waals surface area contributed by atoms with Crippen molar-refractivity contribution >= 4 is 27.3 Å². The molecule has 0 radical (unpaired) electrons. The fraction of sp³-hybridized carbons (Fsp3) is 0.500. The topological polar surface area (TPSA) is 70.4 Å². The van der Waals surface area contributed by atoms with Crippen molar-refractivity contribution < 1.29 is 27.9 Å². The van der Waals surface area contributed by atoms with E-state index < -0.39 is 17.8 Å². The third-order valence-electron chi connectivity index (χ3n) is 7.32. The maximum atomic E-state index is 12.9. The molecule has 4 atom stereocenters. The number of aryl methyl sites for hydroxylation is 1. The van der Waals surface area contributed by atoms with Crippen molar-refractivity contribution in [2.45, 2.75) is 57.7 Å². The summed E-state index contributed by atoms with van der Waals surface area (Å²) in [5.41, 5.74) is 1.81. The maximum absolute atomic E-state index is 12.9. The lowest BCUT2D eigenvalue weighted by Crippen LogP contribution is -2.58. The highest BCUT2D eigenvalue weighted by molar-refractivity contribution is 7.18. The minimum Gasteiger partial charge on any atom is -0.491 e. The maximum Gasteiger partial charge on any atom is 0.416 e. The number of nitrogens with zero attached hydrogens (tertiary/aromatic N) is 4. The summed E-state index contributed by atoms with van der Waals surface area (Å²) in [6.45, 7) is 9.22. The van der Waals surface area contributed by atoms with Gasteiger partial charge in [0.2, 0.25) is 0 Å². The second kappa shape index (κ2) is 11.4. The number of ether oxygens (including phenoxy) is 1. The molecule has 3 heterocycles. The van der Waals surface area contributed by atoms with Crippen LogP contribution in [0.2, 0.25) is 0 Å². The highest BCUT2D eigenvalue weighted by Gasteiger charge is 2.34. The number of hydrogen-bond acceptors (Lipinski definition) is 8. The second-order valence-corrected chi connectivity index (χ2v) is 11.7. The van der Waals surface area contributed by atoms with Gasteiger partial charge in [-0.05, 0) is 50.6 Å². The number of rotatable bonds is 8. The van der Waals surface area contributed by atoms with Crippen LogP contribution in [-0.4, -0.2) is 76.6 Å². The Labute approximate surface area is 229 Å². The fourth-order valence-corrected chi connectivity index (χ4v) is 6.00. The molecular weight excluding hydrogens is 529 g/mol. The van der Waals surface area contributed by atoms with Crippen LogP contribution in [-0.2, 0) is 11.0 Å². The molecule has 0 amide bonds. The van der Waals surface area contributed by atoms with Crippen molar-refractivity contribution in [2.75, 3.05) is 32.8 Å². The predicted molar refractivity (Wildman–Crippen MR) is 145 cm³/mol. The van der Waals surface area contributed by atoms with Crippen molar-refractivity contribution in [3.63, 3.8) is 0 Å². The summed E-state index contributed by atoms with van der Waals surface area (Å²) in [5, 5.41) is 15.9. The van der Waals surface area contributed by atoms with Gasteiger partial charge in [-0.25, -0.2) is 4.98 Å². The number of alkyl halides is 3. The Bertz CT molecular complexity index is 1310. The number of benzene rings is 2. The molecule has 0 bridgehead atoms. The monoisotopic (exact) mass is 562 g/mol. The molecule has 3 aromatic rings. The molecule has 1 unspecified atom stereocenters. The van der Waals surface area contributed by atoms with E-state index in [0.29, 0.717) is 30.8 Å². The van der Waals surface area contributed by atoms with Gasteiger partial charge in [-0.2, -0.15) is 13.2 Å². The van der Waals surface area contributed by atoms with Crippen LogP contribution in [0.1, 0.15) is 42.5 Å². The number of halogens is 3. The molecule has 2 aromatic carbocycles. The first-order chi connectivity index (χ1) is 18.5. The summed E-state index contributed by atoms with van der Waals surface area (Å²) >= 11 is 1.64. The van der Waals surface area contributed by atoms with Crippen LogP contribution in [0.3, 0.4) is 0 Å². The molecule has 1 fully saturated rings. The summed E-state index contributed by atoms with van der Waals surface area (Å²) < 4.78 is 45.5. The minimum atomic E-state index is -4.36. The minimum absolute atomic E-state index is 0.204. The van der Waals surface area contributed by atoms with E-state index in [-0.39, 0.29) is 24.8 Å². The van der Waals surface area contributed by atoms with Crippen LogP contribution in [0, 0.1) is 6.92 Å². The first-order valence-corrected chi connectivity index (χ1v) is 13.9. The largest absolute Gasteiger partial charge is 0.491 e. The van der Waals surface area contributed by atoms with E-state index in [1.54, 1.807) is 11.3 Å². The van der Waals surface area contributed by atoms with Crippen molar-refractivity contribution in [2.24, 2.45) is 5.16 Å². The third kappa shape index (κ3) is 6.71. The quantitative estimate of drug-likeness (QED) is 0.403. The van der Waals surface area contributed by atoms with Gasteiger partial charge in [-0.1, -0.05) is 17.3 Å². The van der Waals surface area contributed by atoms with Crippen LogP contribution in [0.25, 0.3) is 10.2 Å². The van der Waals surface area contributed by atoms with Crippen LogP contribution in [0.5, 0.6) is 5.75 Å². The van der Waals surface area contributed by atoms with Crippen LogP contribution >= 0.6 is 11.3 Å². The average Bonchev–Trinajstić information content (AvgIpc) is 3.50. The molecule has 39 heavy (non-hydrogen) atoms. The zero-order valence-corrected chi connectivity index (χ0v) is 23.0. The number of piperazine rings is 1. The summed E-state index contributed by atoms with van der Waals surface area (Å²) in [4.78, 5) is 14.7. The zero-order valence-electron chi connectivity index (χ0n) is 22.2. The molecule has 1 saturated heterocycles. The number of aromatic nitrogens is 1. The number of aliphatic hydroxyl groups is 1. The Morgan fingerprint density at radius 1 is 1.10 bits per heavy atom. The Morgan fingerprint density at radius 2 is 1.82 bits per heavy atom. The predicted octanol–water partition coefficient (Wildman–Crippen LogP) is 5.28. The van der Waals surface area contributed by atoms with E-state index in [1.165, 1.54) is 12.1 Å². The van der Waals surface area contributed by atoms with Gasteiger partial charge in [-0.3, -0.25) is 9.80 Å². The van der Waals surface area contributed by atoms with E-state index in [1.807, 2.05) is 25.1 Å². The number of fused-ring (bicyclic) bond motifs is 1. The molecule has 2 aliphatic heterocycles. The van der Waals surface area contributed by atoms with Gasteiger partial charge < -0.3 is 14.7 Å². The van der Waals surface area contributed by atoms with Crippen molar-refractivity contribution in [1.82, 2.24) is 14.8 Å². The Balaban J connectivity index is 1.08. The standard InChI is InChI=1S/C28H33F3N4O3S/c1-17-13-35(15-23(36)16-37-24-8-9-27-25(11-24)32-19(3)39-27)18(2)12-34(17)14-22-10-26(38-33-22)20-4-6-21(7-5-20)28(29,30)31/h4-9,11,17-18,23,26,36H,10,12-16H2,1-3H3/t17-,18-,23+,26?/m0/s1. The van der Waals surface area contributed by atoms with E-state index in [4.69, 9.17) is 9.57 Å². The molecule has 1 aromatic heterocycles. The third-order valence-corrected chi connectivity index (χ3v) is 8.28. The molecule has 11 heteroatoms. The molecule has 210 valence electrons. The summed E-state index contributed by atoms with van der Waals surface area (Å²) in [6.07, 6.45) is -4.80. The van der Waals surface area contributed by atoms with Gasteiger partial charge in [0.25, 0.3) is 0 Å². The highest BCUT2D eigenvalue weighted by Crippen LogP contribution is 2.33. The molecule has 0 spiro atoms. The molecular formula is C28H33F3N4O3S. The van der Waals surface area contributed by atoms with E-state index >= 15 is 0 Å². The first-order valence-electron chi connectivity index (χ1n) is 13.1. The van der Waals surface area contributed by atoms with E-state index in [2.05, 4.69) is 33.8 Å². The van der Waals surface area contributed by atoms with E-state index in [9.17, 15) is 18.3 Å². The lowest BCUT2D eigenvalue weighted by atomic mass is 10.0. The fourth-order valence-electron chi connectivity index (χ4n) is 5.19. The van der Waals surface area contributed by atoms with Crippen LogP contribution in [0.15, 0.2) is 47.6 Å². The first kappa shape index (κ1) is 27.8. The average molecular weight is 563 g/mol. The smallest absolute Gasteiger partial charge is 0.416 e. The van der Waals surface area contributed by atoms with Gasteiger partial charge in [0, 0.05) is 50.7 Å². The molecule has 1 N–H and O–H groups in total. The number of thiazole rings is 1. The Morgan fingerprint density at radius 3 is 2.56 bits per heavy atom. The SMILES string of the molecule is Cc1nc2cc(OC[C@H](O)CN3C[C@H](C)N(CC4=NOC(c5ccc(C(F)(F)F)cc5)C4)C[C@@H]3C)ccc2s1. The van der Waals surface area contributed by atoms with Crippen molar-refractivity contribution in [3.8, 4) is 5.75 Å². The number of β-amino-alcohol motifs (C(OH)–C–C–N with tert-alkyl or cyclic N) is 1. The van der Waals surface area contributed by atoms with Gasteiger partial charge in [0.05, 0.1) is 26.5 Å². The lowest BCUT2D eigenvalue weighted by molar-refractivity contribution is -0.137. The summed E-state index contributed by atoms with van der Waals surface area (Å²) in [7, 11) is 0. The Hall–Kier alpha value is -2.73. The highest BCUT2D eigenvalue weighted by atomic mass is 32.1. The Kier molecular flexibility index (Phi) is 8.14. The van der Waals surface area contributed by atoms with Crippen molar-refractivity contribution in [3.05, 3.63) is 58.6 Å². The zero-order chi connectivity index (χ0) is 27.7. The van der Waals surface area contributed by atoms with Gasteiger partial charge in [0.15, 0.2) is 6.10 Å². The van der Waals surface area contributed by atoms with Crippen molar-refractivity contribution in [1.29, 1.82) is 0 Å². The molecule has 0 aliphatic carbocycles. The van der Waals surface area contributed by atoms with Crippen LogP contribution < -0.4 is 4.74 Å². The number of hydrogen-bond donors (Lipinski definition) is 1.